The predicted molar refractivity (Wildman–Crippen MR) is 78.1 cm³/mol. The molecule has 0 amide bonds. The lowest BCUT2D eigenvalue weighted by molar-refractivity contribution is 0.271. The topological polar surface area (TPSA) is 89.2 Å². The second-order valence-corrected chi connectivity index (χ2v) is 6.47. The van der Waals surface area contributed by atoms with Gasteiger partial charge in [-0.2, -0.15) is 5.10 Å². The summed E-state index contributed by atoms with van der Waals surface area (Å²) in [6.45, 7) is 2.62. The normalized spacial score (nSPS) is 12.0. The van der Waals surface area contributed by atoms with Crippen molar-refractivity contribution in [2.45, 2.75) is 31.4 Å². The summed E-state index contributed by atoms with van der Waals surface area (Å²) >= 11 is 0. The molecule has 0 radical (unpaired) electrons. The molecular formula is C13H20N4O3S. The molecule has 2 rings (SSSR count). The van der Waals surface area contributed by atoms with Crippen LogP contribution in [0.1, 0.15) is 18.3 Å². The lowest BCUT2D eigenvalue weighted by atomic mass is 10.3. The number of nitrogens with one attached hydrogen (secondary N) is 1. The Balaban J connectivity index is 2.04. The Morgan fingerprint density at radius 1 is 1.38 bits per heavy atom. The van der Waals surface area contributed by atoms with E-state index in [1.165, 1.54) is 12.3 Å². The highest BCUT2D eigenvalue weighted by Crippen LogP contribution is 2.14. The SMILES string of the molecule is CCn1cc(S(=O)(=O)NCCc2ccnn2C)cc1CO. The number of hydrogen-bond acceptors (Lipinski definition) is 4. The summed E-state index contributed by atoms with van der Waals surface area (Å²) in [6.07, 6.45) is 3.79. The maximum atomic E-state index is 12.2. The van der Waals surface area contributed by atoms with Crippen LogP contribution in [-0.4, -0.2) is 34.4 Å². The van der Waals surface area contributed by atoms with E-state index in [-0.39, 0.29) is 11.5 Å². The summed E-state index contributed by atoms with van der Waals surface area (Å²) in [6, 6.07) is 3.35. The van der Waals surface area contributed by atoms with Gasteiger partial charge in [0.05, 0.1) is 11.5 Å². The number of aliphatic hydroxyl groups excluding tert-OH is 1. The number of rotatable bonds is 7. The van der Waals surface area contributed by atoms with E-state index in [0.717, 1.165) is 5.69 Å². The Kier molecular flexibility index (Phi) is 4.81. The molecule has 0 unspecified atom stereocenters. The van der Waals surface area contributed by atoms with Gasteiger partial charge in [-0.3, -0.25) is 4.68 Å². The molecule has 2 aromatic heterocycles. The first-order chi connectivity index (χ1) is 9.97. The molecule has 0 aliphatic rings. The lowest BCUT2D eigenvalue weighted by Gasteiger charge is -2.05. The van der Waals surface area contributed by atoms with Gasteiger partial charge in [-0.05, 0) is 19.1 Å². The third kappa shape index (κ3) is 3.52. The summed E-state index contributed by atoms with van der Waals surface area (Å²) in [4.78, 5) is 0.179. The van der Waals surface area contributed by atoms with Gasteiger partial charge in [0.2, 0.25) is 10.0 Å². The van der Waals surface area contributed by atoms with Crippen molar-refractivity contribution < 1.29 is 13.5 Å². The van der Waals surface area contributed by atoms with Crippen molar-refractivity contribution in [2.24, 2.45) is 7.05 Å². The molecule has 0 aliphatic carbocycles. The summed E-state index contributed by atoms with van der Waals surface area (Å²) < 4.78 is 30.4. The molecule has 0 aliphatic heterocycles. The van der Waals surface area contributed by atoms with Crippen LogP contribution in [0.5, 0.6) is 0 Å². The molecule has 2 heterocycles. The second-order valence-electron chi connectivity index (χ2n) is 4.71. The first kappa shape index (κ1) is 15.7. The van der Waals surface area contributed by atoms with Crippen molar-refractivity contribution in [1.82, 2.24) is 19.1 Å². The third-order valence-electron chi connectivity index (χ3n) is 3.37. The Bertz CT molecular complexity index is 681. The van der Waals surface area contributed by atoms with Crippen LogP contribution in [0.25, 0.3) is 0 Å². The van der Waals surface area contributed by atoms with E-state index >= 15 is 0 Å². The van der Waals surface area contributed by atoms with Crippen LogP contribution >= 0.6 is 0 Å². The van der Waals surface area contributed by atoms with Crippen molar-refractivity contribution >= 4 is 10.0 Å². The van der Waals surface area contributed by atoms with Gasteiger partial charge < -0.3 is 9.67 Å². The fraction of sp³-hybridized carbons (Fsp3) is 0.462. The van der Waals surface area contributed by atoms with Crippen LogP contribution in [0.3, 0.4) is 0 Å². The summed E-state index contributed by atoms with van der Waals surface area (Å²) in [5.74, 6) is 0. The molecule has 0 spiro atoms. The average molecular weight is 312 g/mol. The van der Waals surface area contributed by atoms with Crippen molar-refractivity contribution in [3.8, 4) is 0 Å². The summed E-state index contributed by atoms with van der Waals surface area (Å²) in [5.41, 5.74) is 1.55. The van der Waals surface area contributed by atoms with E-state index in [2.05, 4.69) is 9.82 Å². The van der Waals surface area contributed by atoms with Gasteiger partial charge in [0.15, 0.2) is 0 Å². The zero-order valence-corrected chi connectivity index (χ0v) is 13.0. The Hall–Kier alpha value is -1.64. The van der Waals surface area contributed by atoms with Crippen LogP contribution in [0.2, 0.25) is 0 Å². The monoisotopic (exact) mass is 312 g/mol. The largest absolute Gasteiger partial charge is 0.390 e. The number of aliphatic hydroxyl groups is 1. The van der Waals surface area contributed by atoms with E-state index in [9.17, 15) is 13.5 Å². The van der Waals surface area contributed by atoms with E-state index in [1.807, 2.05) is 20.0 Å². The van der Waals surface area contributed by atoms with Crippen LogP contribution in [0, 0.1) is 0 Å². The molecule has 116 valence electrons. The first-order valence-electron chi connectivity index (χ1n) is 6.74. The van der Waals surface area contributed by atoms with Crippen molar-refractivity contribution in [3.05, 3.63) is 35.9 Å². The molecule has 0 bridgehead atoms. The van der Waals surface area contributed by atoms with E-state index in [1.54, 1.807) is 15.4 Å². The zero-order chi connectivity index (χ0) is 15.5. The lowest BCUT2D eigenvalue weighted by Crippen LogP contribution is -2.26. The van der Waals surface area contributed by atoms with Gasteiger partial charge in [-0.25, -0.2) is 13.1 Å². The zero-order valence-electron chi connectivity index (χ0n) is 12.2. The van der Waals surface area contributed by atoms with Gasteiger partial charge in [0.25, 0.3) is 0 Å². The van der Waals surface area contributed by atoms with Gasteiger partial charge in [-0.1, -0.05) is 0 Å². The quantitative estimate of drug-likeness (QED) is 0.767. The molecule has 0 saturated heterocycles. The fourth-order valence-electron chi connectivity index (χ4n) is 2.14. The van der Waals surface area contributed by atoms with E-state index < -0.39 is 10.0 Å². The van der Waals surface area contributed by atoms with E-state index in [4.69, 9.17) is 0 Å². The number of aryl methyl sites for hydroxylation is 2. The molecule has 0 saturated carbocycles. The minimum Gasteiger partial charge on any atom is -0.390 e. The molecular weight excluding hydrogens is 292 g/mol. The Morgan fingerprint density at radius 3 is 2.67 bits per heavy atom. The number of aromatic nitrogens is 3. The summed E-state index contributed by atoms with van der Waals surface area (Å²) in [5, 5.41) is 13.2. The molecule has 8 heteroatoms. The number of sulfonamides is 1. The van der Waals surface area contributed by atoms with Crippen LogP contribution < -0.4 is 4.72 Å². The highest BCUT2D eigenvalue weighted by molar-refractivity contribution is 7.89. The minimum absolute atomic E-state index is 0.179. The predicted octanol–water partition coefficient (Wildman–Crippen LogP) is 0.255. The average Bonchev–Trinajstić information content (AvgIpc) is 3.05. The highest BCUT2D eigenvalue weighted by Gasteiger charge is 2.17. The molecule has 7 nitrogen and oxygen atoms in total. The molecule has 2 N–H and O–H groups in total. The third-order valence-corrected chi connectivity index (χ3v) is 4.80. The van der Waals surface area contributed by atoms with Crippen molar-refractivity contribution in [3.63, 3.8) is 0 Å². The van der Waals surface area contributed by atoms with Crippen molar-refractivity contribution in [2.75, 3.05) is 6.54 Å². The van der Waals surface area contributed by atoms with Crippen LogP contribution in [0.4, 0.5) is 0 Å². The van der Waals surface area contributed by atoms with Gasteiger partial charge >= 0.3 is 0 Å². The highest BCUT2D eigenvalue weighted by atomic mass is 32.2. The minimum atomic E-state index is -3.56. The standard InChI is InChI=1S/C13H20N4O3S/c1-3-17-9-13(8-12(17)10-18)21(19,20)15-7-5-11-4-6-14-16(11)2/h4,6,8-9,15,18H,3,5,7,10H2,1-2H3. The van der Waals surface area contributed by atoms with Gasteiger partial charge in [0.1, 0.15) is 0 Å². The molecule has 0 aromatic carbocycles. The van der Waals surface area contributed by atoms with Crippen LogP contribution in [0.15, 0.2) is 29.4 Å². The molecule has 21 heavy (non-hydrogen) atoms. The molecule has 0 fully saturated rings. The first-order valence-corrected chi connectivity index (χ1v) is 8.22. The van der Waals surface area contributed by atoms with Gasteiger partial charge in [-0.15, -0.1) is 0 Å². The smallest absolute Gasteiger partial charge is 0.242 e. The number of hydrogen-bond donors (Lipinski definition) is 2. The Morgan fingerprint density at radius 2 is 2.14 bits per heavy atom. The summed E-state index contributed by atoms with van der Waals surface area (Å²) in [7, 11) is -1.74. The molecule has 0 atom stereocenters. The Labute approximate surface area is 124 Å². The van der Waals surface area contributed by atoms with Crippen LogP contribution in [-0.2, 0) is 36.6 Å². The fourth-order valence-corrected chi connectivity index (χ4v) is 3.24. The van der Waals surface area contributed by atoms with E-state index in [0.29, 0.717) is 25.2 Å². The number of nitrogens with zero attached hydrogens (tertiary/aromatic N) is 3. The van der Waals surface area contributed by atoms with Crippen molar-refractivity contribution in [1.29, 1.82) is 0 Å². The van der Waals surface area contributed by atoms with Gasteiger partial charge in [0, 0.05) is 50.3 Å². The maximum absolute atomic E-state index is 12.2. The molecule has 2 aromatic rings. The second kappa shape index (κ2) is 6.42. The maximum Gasteiger partial charge on any atom is 0.242 e.